The SMILES string of the molecule is CC1CC(C)(C)CC2(C1)NC(=O)N(CC(=O)Nc1ccnn1Cc1ccccc1)C2=O. The monoisotopic (exact) mass is 423 g/mol. The highest BCUT2D eigenvalue weighted by Gasteiger charge is 2.56. The first-order valence-electron chi connectivity index (χ1n) is 10.7. The first-order valence-corrected chi connectivity index (χ1v) is 10.7. The van der Waals surface area contributed by atoms with Gasteiger partial charge in [0.2, 0.25) is 5.91 Å². The normalized spacial score (nSPS) is 25.0. The molecule has 0 radical (unpaired) electrons. The second-order valence-electron chi connectivity index (χ2n) is 9.67. The molecule has 1 saturated carbocycles. The summed E-state index contributed by atoms with van der Waals surface area (Å²) in [6.45, 7) is 6.52. The van der Waals surface area contributed by atoms with E-state index in [1.807, 2.05) is 30.3 Å². The standard InChI is InChI=1S/C23H29N5O3/c1-16-11-22(2,3)15-23(12-16)20(30)27(21(31)26-23)14-19(29)25-18-9-10-24-28(18)13-17-7-5-4-6-8-17/h4-10,16H,11-15H2,1-3H3,(H,25,29)(H,26,31). The van der Waals surface area contributed by atoms with Gasteiger partial charge >= 0.3 is 6.03 Å². The highest BCUT2D eigenvalue weighted by atomic mass is 16.2. The molecule has 2 aromatic rings. The van der Waals surface area contributed by atoms with Gasteiger partial charge in [0.25, 0.3) is 5.91 Å². The van der Waals surface area contributed by atoms with Crippen LogP contribution in [-0.4, -0.2) is 44.6 Å². The summed E-state index contributed by atoms with van der Waals surface area (Å²) in [4.78, 5) is 39.6. The number of carbonyl (C=O) groups excluding carboxylic acids is 3. The van der Waals surface area contributed by atoms with Crippen molar-refractivity contribution in [1.29, 1.82) is 0 Å². The van der Waals surface area contributed by atoms with Gasteiger partial charge in [-0.2, -0.15) is 5.10 Å². The number of amides is 4. The molecule has 4 rings (SSSR count). The van der Waals surface area contributed by atoms with Crippen LogP contribution in [0.4, 0.5) is 10.6 Å². The van der Waals surface area contributed by atoms with Crippen LogP contribution in [0.2, 0.25) is 0 Å². The van der Waals surface area contributed by atoms with Gasteiger partial charge in [0.1, 0.15) is 17.9 Å². The number of benzene rings is 1. The van der Waals surface area contributed by atoms with Crippen LogP contribution in [0.25, 0.3) is 0 Å². The van der Waals surface area contributed by atoms with E-state index < -0.39 is 17.5 Å². The molecule has 2 atom stereocenters. The highest BCUT2D eigenvalue weighted by Crippen LogP contribution is 2.46. The third-order valence-corrected chi connectivity index (χ3v) is 6.09. The lowest BCUT2D eigenvalue weighted by Gasteiger charge is -2.43. The average molecular weight is 424 g/mol. The van der Waals surface area contributed by atoms with Crippen LogP contribution < -0.4 is 10.6 Å². The molecule has 4 amide bonds. The molecule has 1 spiro atoms. The fourth-order valence-electron chi connectivity index (χ4n) is 5.30. The number of aromatic nitrogens is 2. The van der Waals surface area contributed by atoms with Crippen molar-refractivity contribution in [3.8, 4) is 0 Å². The third-order valence-electron chi connectivity index (χ3n) is 6.09. The maximum Gasteiger partial charge on any atom is 0.325 e. The second kappa shape index (κ2) is 7.83. The molecule has 8 heteroatoms. The molecule has 1 aromatic heterocycles. The number of imide groups is 1. The van der Waals surface area contributed by atoms with Gasteiger partial charge in [0.05, 0.1) is 12.7 Å². The summed E-state index contributed by atoms with van der Waals surface area (Å²) in [5.74, 6) is 0.0979. The molecule has 1 aliphatic heterocycles. The second-order valence-corrected chi connectivity index (χ2v) is 9.67. The van der Waals surface area contributed by atoms with E-state index in [4.69, 9.17) is 0 Å². The van der Waals surface area contributed by atoms with Crippen LogP contribution in [0, 0.1) is 11.3 Å². The van der Waals surface area contributed by atoms with Crippen LogP contribution in [-0.2, 0) is 16.1 Å². The Labute approximate surface area is 182 Å². The number of nitrogens with one attached hydrogen (secondary N) is 2. The zero-order valence-electron chi connectivity index (χ0n) is 18.2. The van der Waals surface area contributed by atoms with Crippen molar-refractivity contribution in [3.63, 3.8) is 0 Å². The van der Waals surface area contributed by atoms with Gasteiger partial charge in [-0.15, -0.1) is 0 Å². The third kappa shape index (κ3) is 4.33. The zero-order chi connectivity index (χ0) is 22.2. The summed E-state index contributed by atoms with van der Waals surface area (Å²) >= 11 is 0. The number of rotatable bonds is 5. The fourth-order valence-corrected chi connectivity index (χ4v) is 5.30. The Morgan fingerprint density at radius 1 is 1.19 bits per heavy atom. The number of nitrogens with zero attached hydrogens (tertiary/aromatic N) is 3. The van der Waals surface area contributed by atoms with E-state index in [0.29, 0.717) is 31.1 Å². The topological polar surface area (TPSA) is 96.3 Å². The Morgan fingerprint density at radius 2 is 1.94 bits per heavy atom. The van der Waals surface area contributed by atoms with E-state index in [1.54, 1.807) is 16.9 Å². The van der Waals surface area contributed by atoms with Crippen molar-refractivity contribution >= 4 is 23.7 Å². The molecule has 1 saturated heterocycles. The molecule has 1 aromatic carbocycles. The van der Waals surface area contributed by atoms with Gasteiger partial charge in [-0.05, 0) is 36.2 Å². The minimum absolute atomic E-state index is 0.0528. The molecular formula is C23H29N5O3. The van der Waals surface area contributed by atoms with E-state index in [1.165, 1.54) is 0 Å². The molecule has 31 heavy (non-hydrogen) atoms. The quantitative estimate of drug-likeness (QED) is 0.723. The fraction of sp³-hybridized carbons (Fsp3) is 0.478. The Balaban J connectivity index is 1.43. The maximum atomic E-state index is 13.2. The molecule has 8 nitrogen and oxygen atoms in total. The van der Waals surface area contributed by atoms with Crippen LogP contribution >= 0.6 is 0 Å². The molecular weight excluding hydrogens is 394 g/mol. The number of urea groups is 1. The van der Waals surface area contributed by atoms with Crippen molar-refractivity contribution in [2.75, 3.05) is 11.9 Å². The van der Waals surface area contributed by atoms with Crippen molar-refractivity contribution in [2.24, 2.45) is 11.3 Å². The smallest absolute Gasteiger partial charge is 0.323 e. The van der Waals surface area contributed by atoms with E-state index in [-0.39, 0.29) is 17.9 Å². The van der Waals surface area contributed by atoms with Crippen molar-refractivity contribution in [2.45, 2.75) is 52.1 Å². The van der Waals surface area contributed by atoms with E-state index in [2.05, 4.69) is 36.5 Å². The lowest BCUT2D eigenvalue weighted by atomic mass is 9.64. The van der Waals surface area contributed by atoms with E-state index in [9.17, 15) is 14.4 Å². The van der Waals surface area contributed by atoms with Crippen molar-refractivity contribution in [1.82, 2.24) is 20.0 Å². The summed E-state index contributed by atoms with van der Waals surface area (Å²) in [7, 11) is 0. The number of anilines is 1. The van der Waals surface area contributed by atoms with Gasteiger partial charge in [-0.25, -0.2) is 9.48 Å². The van der Waals surface area contributed by atoms with Gasteiger partial charge < -0.3 is 10.6 Å². The average Bonchev–Trinajstić information content (AvgIpc) is 3.18. The molecule has 2 N–H and O–H groups in total. The predicted octanol–water partition coefficient (Wildman–Crippen LogP) is 3.01. The Kier molecular flexibility index (Phi) is 5.33. The van der Waals surface area contributed by atoms with Gasteiger partial charge in [-0.1, -0.05) is 51.1 Å². The van der Waals surface area contributed by atoms with Crippen LogP contribution in [0.1, 0.15) is 45.6 Å². The summed E-state index contributed by atoms with van der Waals surface area (Å²) in [5.41, 5.74) is 0.0861. The summed E-state index contributed by atoms with van der Waals surface area (Å²) in [5, 5.41) is 9.95. The molecule has 2 fully saturated rings. The minimum atomic E-state index is -0.909. The summed E-state index contributed by atoms with van der Waals surface area (Å²) in [6, 6.07) is 11.0. The first-order chi connectivity index (χ1) is 14.7. The molecule has 164 valence electrons. The maximum absolute atomic E-state index is 13.2. The Bertz CT molecular complexity index is 1000. The largest absolute Gasteiger partial charge is 0.325 e. The lowest BCUT2D eigenvalue weighted by Crippen LogP contribution is -2.54. The molecule has 2 heterocycles. The molecule has 2 unspecified atom stereocenters. The van der Waals surface area contributed by atoms with Crippen LogP contribution in [0.3, 0.4) is 0 Å². The van der Waals surface area contributed by atoms with Gasteiger partial charge in [0, 0.05) is 6.07 Å². The molecule has 0 bridgehead atoms. The van der Waals surface area contributed by atoms with Crippen molar-refractivity contribution in [3.05, 3.63) is 48.2 Å². The number of carbonyl (C=O) groups is 3. The molecule has 2 aliphatic rings. The Hall–Kier alpha value is -3.16. The lowest BCUT2D eigenvalue weighted by molar-refractivity contribution is -0.136. The first kappa shape index (κ1) is 21.1. The minimum Gasteiger partial charge on any atom is -0.323 e. The zero-order valence-corrected chi connectivity index (χ0v) is 18.2. The molecule has 1 aliphatic carbocycles. The Morgan fingerprint density at radius 3 is 2.65 bits per heavy atom. The van der Waals surface area contributed by atoms with Crippen LogP contribution in [0.5, 0.6) is 0 Å². The summed E-state index contributed by atoms with van der Waals surface area (Å²) < 4.78 is 1.67. The van der Waals surface area contributed by atoms with E-state index in [0.717, 1.165) is 16.9 Å². The van der Waals surface area contributed by atoms with Crippen molar-refractivity contribution < 1.29 is 14.4 Å². The van der Waals surface area contributed by atoms with Gasteiger partial charge in [-0.3, -0.25) is 14.5 Å². The summed E-state index contributed by atoms with van der Waals surface area (Å²) in [6.07, 6.45) is 3.79. The highest BCUT2D eigenvalue weighted by molar-refractivity contribution is 6.10. The number of hydrogen-bond donors (Lipinski definition) is 2. The predicted molar refractivity (Wildman–Crippen MR) is 116 cm³/mol. The van der Waals surface area contributed by atoms with Gasteiger partial charge in [0.15, 0.2) is 0 Å². The van der Waals surface area contributed by atoms with E-state index >= 15 is 0 Å². The van der Waals surface area contributed by atoms with Crippen LogP contribution in [0.15, 0.2) is 42.6 Å². The number of hydrogen-bond acceptors (Lipinski definition) is 4.